The van der Waals surface area contributed by atoms with Crippen molar-refractivity contribution in [3.8, 4) is 5.75 Å². The zero-order valence-corrected chi connectivity index (χ0v) is 28.5. The smallest absolute Gasteiger partial charge is 0.449 e. The minimum absolute atomic E-state index is 0.00622. The summed E-state index contributed by atoms with van der Waals surface area (Å²) in [5.41, 5.74) is 1.64. The first-order valence-corrected chi connectivity index (χ1v) is 16.9. The number of rotatable bonds is 12. The molecular formula is C36H35F7N4O7. The van der Waals surface area contributed by atoms with Gasteiger partial charge in [0.1, 0.15) is 22.9 Å². The van der Waals surface area contributed by atoms with Gasteiger partial charge in [-0.2, -0.15) is 26.3 Å². The molecule has 0 aliphatic carbocycles. The maximum absolute atomic E-state index is 15.1. The summed E-state index contributed by atoms with van der Waals surface area (Å²) in [5, 5.41) is 8.87. The number of furan rings is 1. The number of benzene rings is 2. The molecule has 1 unspecified atom stereocenters. The van der Waals surface area contributed by atoms with Crippen molar-refractivity contribution in [1.82, 2.24) is 14.0 Å². The predicted octanol–water partition coefficient (Wildman–Crippen LogP) is 5.79. The van der Waals surface area contributed by atoms with Gasteiger partial charge in [0.2, 0.25) is 5.76 Å². The molecule has 4 heterocycles. The summed E-state index contributed by atoms with van der Waals surface area (Å²) in [6.07, 6.45) is -9.26. The molecule has 1 spiro atoms. The summed E-state index contributed by atoms with van der Waals surface area (Å²) in [6, 6.07) is 9.81. The van der Waals surface area contributed by atoms with E-state index in [1.807, 2.05) is 0 Å². The third-order valence-electron chi connectivity index (χ3n) is 9.67. The molecule has 2 aromatic heterocycles. The summed E-state index contributed by atoms with van der Waals surface area (Å²) >= 11 is 0. The minimum atomic E-state index is -4.97. The Kier molecular flexibility index (Phi) is 10.8. The SMILES string of the molecule is NC(Cn1c(=O)c2c(n(Cc3c(F)cccc3C(F)(F)F)c1=O)COC21CCN(Cc2ccc(C(F)(F)F)o2)CC1)c1cccc(OCCCC(=O)O)c1. The molecule has 1 fully saturated rings. The maximum Gasteiger partial charge on any atom is 0.449 e. The molecule has 18 heteroatoms. The Hall–Kier alpha value is -4.94. The molecule has 11 nitrogen and oxygen atoms in total. The van der Waals surface area contributed by atoms with E-state index in [2.05, 4.69) is 0 Å². The molecule has 0 bridgehead atoms. The molecule has 290 valence electrons. The number of hydrogen-bond donors (Lipinski definition) is 2. The van der Waals surface area contributed by atoms with Gasteiger partial charge in [-0.1, -0.05) is 18.2 Å². The van der Waals surface area contributed by atoms with E-state index in [4.69, 9.17) is 24.7 Å². The topological polar surface area (TPSA) is 142 Å². The highest BCUT2D eigenvalue weighted by molar-refractivity contribution is 5.66. The molecule has 2 aliphatic rings. The van der Waals surface area contributed by atoms with E-state index in [1.165, 1.54) is 6.07 Å². The van der Waals surface area contributed by atoms with Crippen molar-refractivity contribution < 1.29 is 54.5 Å². The van der Waals surface area contributed by atoms with Crippen molar-refractivity contribution in [2.45, 2.75) is 75.9 Å². The molecule has 0 saturated carbocycles. The van der Waals surface area contributed by atoms with Crippen molar-refractivity contribution >= 4 is 5.97 Å². The molecule has 2 aliphatic heterocycles. The Morgan fingerprint density at radius 1 is 0.963 bits per heavy atom. The zero-order chi connectivity index (χ0) is 39.0. The largest absolute Gasteiger partial charge is 0.494 e. The van der Waals surface area contributed by atoms with Gasteiger partial charge in [0, 0.05) is 31.1 Å². The number of hydrogen-bond acceptors (Lipinski definition) is 8. The van der Waals surface area contributed by atoms with Crippen LogP contribution in [0.5, 0.6) is 5.75 Å². The molecular weight excluding hydrogens is 733 g/mol. The van der Waals surface area contributed by atoms with Crippen molar-refractivity contribution in [1.29, 1.82) is 0 Å². The number of carboxylic acid groups (broad SMARTS) is 1. The average molecular weight is 769 g/mol. The Labute approximate surface area is 302 Å². The summed E-state index contributed by atoms with van der Waals surface area (Å²) in [4.78, 5) is 41.1. The van der Waals surface area contributed by atoms with Crippen LogP contribution in [-0.4, -0.2) is 44.8 Å². The van der Waals surface area contributed by atoms with Gasteiger partial charge in [0.05, 0.1) is 49.7 Å². The first-order valence-electron chi connectivity index (χ1n) is 16.9. The minimum Gasteiger partial charge on any atom is -0.494 e. The van der Waals surface area contributed by atoms with E-state index in [9.17, 15) is 40.7 Å². The van der Waals surface area contributed by atoms with Crippen molar-refractivity contribution in [3.05, 3.63) is 121 Å². The summed E-state index contributed by atoms with van der Waals surface area (Å²) in [6.45, 7) is -1.15. The second-order valence-electron chi connectivity index (χ2n) is 13.2. The van der Waals surface area contributed by atoms with Crippen LogP contribution in [0.4, 0.5) is 30.7 Å². The first-order chi connectivity index (χ1) is 25.5. The number of nitrogens with two attached hydrogens (primary N) is 1. The van der Waals surface area contributed by atoms with E-state index in [1.54, 1.807) is 29.2 Å². The number of nitrogens with zero attached hydrogens (tertiary/aromatic N) is 3. The van der Waals surface area contributed by atoms with Crippen LogP contribution in [0.2, 0.25) is 0 Å². The fourth-order valence-corrected chi connectivity index (χ4v) is 6.95. The van der Waals surface area contributed by atoms with Crippen LogP contribution in [0.25, 0.3) is 0 Å². The normalized spacial score (nSPS) is 16.4. The molecule has 4 aromatic rings. The number of carboxylic acids is 1. The molecule has 0 amide bonds. The van der Waals surface area contributed by atoms with Gasteiger partial charge in [0.15, 0.2) is 0 Å². The lowest BCUT2D eigenvalue weighted by atomic mass is 9.85. The lowest BCUT2D eigenvalue weighted by molar-refractivity contribution is -0.153. The number of likely N-dealkylation sites (tertiary alicyclic amines) is 1. The Balaban J connectivity index is 1.34. The number of aliphatic carboxylic acids is 1. The Bertz CT molecular complexity index is 2130. The highest BCUT2D eigenvalue weighted by Crippen LogP contribution is 2.43. The van der Waals surface area contributed by atoms with Crippen LogP contribution in [0.3, 0.4) is 0 Å². The quantitative estimate of drug-likeness (QED) is 0.135. The summed E-state index contributed by atoms with van der Waals surface area (Å²) < 4.78 is 115. The second-order valence-corrected chi connectivity index (χ2v) is 13.2. The van der Waals surface area contributed by atoms with Crippen LogP contribution in [-0.2, 0) is 53.7 Å². The van der Waals surface area contributed by atoms with Crippen molar-refractivity contribution in [2.75, 3.05) is 19.7 Å². The lowest BCUT2D eigenvalue weighted by Gasteiger charge is -2.38. The average Bonchev–Trinajstić information content (AvgIpc) is 3.74. The van der Waals surface area contributed by atoms with Gasteiger partial charge < -0.3 is 24.7 Å². The van der Waals surface area contributed by atoms with Gasteiger partial charge in [-0.15, -0.1) is 0 Å². The van der Waals surface area contributed by atoms with Crippen molar-refractivity contribution in [3.63, 3.8) is 0 Å². The predicted molar refractivity (Wildman–Crippen MR) is 176 cm³/mol. The number of ether oxygens (including phenoxy) is 2. The zero-order valence-electron chi connectivity index (χ0n) is 28.5. The molecule has 2 aromatic carbocycles. The van der Waals surface area contributed by atoms with Gasteiger partial charge in [-0.3, -0.25) is 23.6 Å². The van der Waals surface area contributed by atoms with Gasteiger partial charge in [-0.25, -0.2) is 9.18 Å². The second kappa shape index (κ2) is 15.1. The molecule has 1 saturated heterocycles. The lowest BCUT2D eigenvalue weighted by Crippen LogP contribution is -2.49. The van der Waals surface area contributed by atoms with E-state index < -0.39 is 77.0 Å². The van der Waals surface area contributed by atoms with Crippen molar-refractivity contribution in [2.24, 2.45) is 5.73 Å². The maximum atomic E-state index is 15.1. The molecule has 54 heavy (non-hydrogen) atoms. The van der Waals surface area contributed by atoms with Gasteiger partial charge >= 0.3 is 24.0 Å². The van der Waals surface area contributed by atoms with E-state index >= 15 is 4.39 Å². The molecule has 6 rings (SSSR count). The number of halogens is 7. The van der Waals surface area contributed by atoms with E-state index in [0.717, 1.165) is 27.3 Å². The van der Waals surface area contributed by atoms with Crippen LogP contribution >= 0.6 is 0 Å². The number of piperidine rings is 1. The molecule has 1 atom stereocenters. The third kappa shape index (κ3) is 8.09. The summed E-state index contributed by atoms with van der Waals surface area (Å²) in [5.74, 6) is -2.94. The number of aromatic nitrogens is 2. The molecule has 3 N–H and O–H groups in total. The standard InChI is InChI=1S/C36H35F7N4O7/c37-26-7-2-6-25(35(38,39)40)24(26)18-46-28-20-53-34(11-13-45(14-12-34)17-23-9-10-29(54-23)36(41,42)43)31(28)32(50)47(33(46)51)19-27(44)21-4-1-5-22(16-21)52-15-3-8-30(48)49/h1-2,4-7,9-10,16,27H,3,8,11-15,17-20,44H2,(H,48,49). The van der Waals surface area contributed by atoms with E-state index in [0.29, 0.717) is 17.4 Å². The number of alkyl halides is 6. The van der Waals surface area contributed by atoms with Gasteiger partial charge in [0.25, 0.3) is 5.56 Å². The van der Waals surface area contributed by atoms with Crippen LogP contribution < -0.4 is 21.7 Å². The van der Waals surface area contributed by atoms with Crippen LogP contribution in [0.15, 0.2) is 68.6 Å². The van der Waals surface area contributed by atoms with Crippen LogP contribution in [0, 0.1) is 5.82 Å². The van der Waals surface area contributed by atoms with E-state index in [-0.39, 0.29) is 75.5 Å². The Morgan fingerprint density at radius 2 is 1.69 bits per heavy atom. The number of carbonyl (C=O) groups is 1. The van der Waals surface area contributed by atoms with Crippen LogP contribution in [0.1, 0.15) is 71.2 Å². The fourth-order valence-electron chi connectivity index (χ4n) is 6.95. The summed E-state index contributed by atoms with van der Waals surface area (Å²) in [7, 11) is 0. The third-order valence-corrected chi connectivity index (χ3v) is 9.67. The fraction of sp³-hybridized carbons (Fsp3) is 0.417. The number of fused-ring (bicyclic) bond motifs is 2. The first kappa shape index (κ1) is 38.8. The monoisotopic (exact) mass is 768 g/mol. The molecule has 0 radical (unpaired) electrons. The highest BCUT2D eigenvalue weighted by atomic mass is 19.4. The Morgan fingerprint density at radius 3 is 2.35 bits per heavy atom. The highest BCUT2D eigenvalue weighted by Gasteiger charge is 2.47. The van der Waals surface area contributed by atoms with Gasteiger partial charge in [-0.05, 0) is 61.2 Å².